The number of methoxy groups -OCH3 is 1. The van der Waals surface area contributed by atoms with E-state index in [1.807, 2.05) is 55.5 Å². The molecule has 3 heterocycles. The predicted octanol–water partition coefficient (Wildman–Crippen LogP) is 3.85. The van der Waals surface area contributed by atoms with Crippen molar-refractivity contribution in [2.24, 2.45) is 0 Å². The van der Waals surface area contributed by atoms with Crippen LogP contribution in [-0.4, -0.2) is 37.7 Å². The molecule has 3 aromatic heterocycles. The fourth-order valence-electron chi connectivity index (χ4n) is 3.80. The van der Waals surface area contributed by atoms with Crippen molar-refractivity contribution in [2.45, 2.75) is 32.2 Å². The van der Waals surface area contributed by atoms with Gasteiger partial charge in [-0.1, -0.05) is 18.2 Å². The highest BCUT2D eigenvalue weighted by molar-refractivity contribution is 5.95. The molecule has 1 aliphatic rings. The van der Waals surface area contributed by atoms with Crippen LogP contribution in [-0.2, 0) is 6.54 Å². The molecule has 0 radical (unpaired) electrons. The second kappa shape index (κ2) is 8.82. The molecule has 0 aliphatic heterocycles. The Kier molecular flexibility index (Phi) is 5.56. The first kappa shape index (κ1) is 20.8. The summed E-state index contributed by atoms with van der Waals surface area (Å²) in [6.45, 7) is 2.29. The molecule has 1 saturated carbocycles. The number of aromatic nitrogens is 5. The van der Waals surface area contributed by atoms with Crippen LogP contribution in [0, 0.1) is 6.92 Å². The number of nitrogens with zero attached hydrogens (tertiary/aromatic N) is 5. The van der Waals surface area contributed by atoms with Crippen molar-refractivity contribution in [1.82, 2.24) is 30.0 Å². The molecule has 1 aromatic carbocycles. The Bertz CT molecular complexity index is 1310. The van der Waals surface area contributed by atoms with Crippen LogP contribution in [0.15, 0.2) is 60.9 Å². The van der Waals surface area contributed by atoms with Gasteiger partial charge in [-0.15, -0.1) is 0 Å². The number of carbonyl (C=O) groups is 1. The number of amides is 1. The fourth-order valence-corrected chi connectivity index (χ4v) is 3.80. The van der Waals surface area contributed by atoms with Crippen LogP contribution in [0.3, 0.4) is 0 Å². The Balaban J connectivity index is 1.43. The largest absolute Gasteiger partial charge is 0.497 e. The van der Waals surface area contributed by atoms with E-state index in [0.717, 1.165) is 46.9 Å². The highest BCUT2D eigenvalue weighted by Gasteiger charge is 2.33. The summed E-state index contributed by atoms with van der Waals surface area (Å²) in [7, 11) is 1.64. The molecule has 8 nitrogen and oxygen atoms in total. The molecular weight excluding hydrogens is 416 g/mol. The van der Waals surface area contributed by atoms with Crippen LogP contribution in [0.4, 0.5) is 0 Å². The van der Waals surface area contributed by atoms with Gasteiger partial charge in [0.1, 0.15) is 5.75 Å². The van der Waals surface area contributed by atoms with Crippen molar-refractivity contribution in [2.75, 3.05) is 7.11 Å². The zero-order valence-electron chi connectivity index (χ0n) is 18.5. The maximum atomic E-state index is 13.0. The number of aryl methyl sites for hydroxylation is 1. The first-order valence-electron chi connectivity index (χ1n) is 10.9. The van der Waals surface area contributed by atoms with Gasteiger partial charge in [0.25, 0.3) is 11.9 Å². The molecule has 166 valence electrons. The maximum Gasteiger partial charge on any atom is 0.255 e. The van der Waals surface area contributed by atoms with Crippen molar-refractivity contribution in [3.63, 3.8) is 0 Å². The van der Waals surface area contributed by atoms with Crippen molar-refractivity contribution in [3.8, 4) is 23.0 Å². The molecule has 1 amide bonds. The molecule has 4 aromatic rings. The van der Waals surface area contributed by atoms with Gasteiger partial charge in [0, 0.05) is 23.4 Å². The third-order valence-corrected chi connectivity index (χ3v) is 5.59. The van der Waals surface area contributed by atoms with Gasteiger partial charge in [-0.25, -0.2) is 14.6 Å². The van der Waals surface area contributed by atoms with Gasteiger partial charge in [-0.2, -0.15) is 5.10 Å². The number of pyridine rings is 1. The number of rotatable bonds is 7. The van der Waals surface area contributed by atoms with Crippen LogP contribution >= 0.6 is 0 Å². The van der Waals surface area contributed by atoms with E-state index in [4.69, 9.17) is 9.72 Å². The zero-order chi connectivity index (χ0) is 22.8. The normalized spacial score (nSPS) is 13.0. The topological polar surface area (TPSA) is 94.8 Å². The van der Waals surface area contributed by atoms with E-state index >= 15 is 0 Å². The van der Waals surface area contributed by atoms with E-state index in [-0.39, 0.29) is 11.8 Å². The molecular formula is C25H24N6O2. The SMILES string of the molecule is COc1cccc(-c2ccnc(-n3ncc(C(=O)NCc4cccc(C)n4)c3C3CC3)n2)c1. The minimum absolute atomic E-state index is 0.171. The molecule has 8 heteroatoms. The summed E-state index contributed by atoms with van der Waals surface area (Å²) in [6, 6.07) is 15.3. The predicted molar refractivity (Wildman–Crippen MR) is 123 cm³/mol. The molecule has 33 heavy (non-hydrogen) atoms. The highest BCUT2D eigenvalue weighted by atomic mass is 16.5. The van der Waals surface area contributed by atoms with E-state index in [1.165, 1.54) is 0 Å². The van der Waals surface area contributed by atoms with Gasteiger partial charge in [-0.3, -0.25) is 9.78 Å². The van der Waals surface area contributed by atoms with Gasteiger partial charge in [-0.05, 0) is 50.1 Å². The average molecular weight is 441 g/mol. The number of hydrogen-bond acceptors (Lipinski definition) is 6. The number of carbonyl (C=O) groups excluding carboxylic acids is 1. The van der Waals surface area contributed by atoms with Crippen molar-refractivity contribution in [1.29, 1.82) is 0 Å². The quantitative estimate of drug-likeness (QED) is 0.469. The van der Waals surface area contributed by atoms with E-state index in [2.05, 4.69) is 20.4 Å². The molecule has 0 unspecified atom stereocenters. The third kappa shape index (κ3) is 4.45. The number of hydrogen-bond donors (Lipinski definition) is 1. The molecule has 5 rings (SSSR count). The van der Waals surface area contributed by atoms with E-state index in [9.17, 15) is 4.79 Å². The summed E-state index contributed by atoms with van der Waals surface area (Å²) in [5.41, 5.74) is 4.82. The second-order valence-electron chi connectivity index (χ2n) is 8.06. The lowest BCUT2D eigenvalue weighted by Crippen LogP contribution is -2.24. The summed E-state index contributed by atoms with van der Waals surface area (Å²) in [5.74, 6) is 1.30. The zero-order valence-corrected chi connectivity index (χ0v) is 18.5. The summed E-state index contributed by atoms with van der Waals surface area (Å²) in [6.07, 6.45) is 5.34. The lowest BCUT2D eigenvalue weighted by atomic mass is 10.1. The summed E-state index contributed by atoms with van der Waals surface area (Å²) < 4.78 is 7.03. The smallest absolute Gasteiger partial charge is 0.255 e. The van der Waals surface area contributed by atoms with Crippen LogP contribution in [0.1, 0.15) is 46.2 Å². The summed E-state index contributed by atoms with van der Waals surface area (Å²) in [4.78, 5) is 26.6. The molecule has 1 fully saturated rings. The molecule has 0 bridgehead atoms. The summed E-state index contributed by atoms with van der Waals surface area (Å²) >= 11 is 0. The van der Waals surface area contributed by atoms with Gasteiger partial charge in [0.15, 0.2) is 0 Å². The van der Waals surface area contributed by atoms with Crippen LogP contribution in [0.5, 0.6) is 5.75 Å². The Morgan fingerprint density at radius 3 is 2.79 bits per heavy atom. The summed E-state index contributed by atoms with van der Waals surface area (Å²) in [5, 5.41) is 7.47. The number of ether oxygens (including phenoxy) is 1. The van der Waals surface area contributed by atoms with Crippen molar-refractivity contribution in [3.05, 3.63) is 83.6 Å². The van der Waals surface area contributed by atoms with Gasteiger partial charge in [0.2, 0.25) is 0 Å². The molecule has 0 saturated heterocycles. The Labute approximate surface area is 191 Å². The molecule has 0 atom stereocenters. The van der Waals surface area contributed by atoms with Crippen LogP contribution < -0.4 is 10.1 Å². The van der Waals surface area contributed by atoms with Crippen molar-refractivity contribution < 1.29 is 9.53 Å². The first-order chi connectivity index (χ1) is 16.1. The van der Waals surface area contributed by atoms with Gasteiger partial charge >= 0.3 is 0 Å². The first-order valence-corrected chi connectivity index (χ1v) is 10.9. The standard InChI is InChI=1S/C25H24N6O2/c1-16-5-3-7-19(29-16)14-27-24(32)21-15-28-31(23(21)17-9-10-17)25-26-12-11-22(30-25)18-6-4-8-20(13-18)33-2/h3-8,11-13,15,17H,9-10,14H2,1-2H3,(H,27,32). The minimum Gasteiger partial charge on any atom is -0.497 e. The Morgan fingerprint density at radius 2 is 2.00 bits per heavy atom. The van der Waals surface area contributed by atoms with E-state index in [0.29, 0.717) is 18.1 Å². The molecule has 0 spiro atoms. The van der Waals surface area contributed by atoms with Crippen LogP contribution in [0.2, 0.25) is 0 Å². The van der Waals surface area contributed by atoms with Gasteiger partial charge < -0.3 is 10.1 Å². The second-order valence-corrected chi connectivity index (χ2v) is 8.06. The maximum absolute atomic E-state index is 13.0. The minimum atomic E-state index is -0.171. The fraction of sp³-hybridized carbons (Fsp3) is 0.240. The van der Waals surface area contributed by atoms with E-state index < -0.39 is 0 Å². The third-order valence-electron chi connectivity index (χ3n) is 5.59. The monoisotopic (exact) mass is 440 g/mol. The average Bonchev–Trinajstić information content (AvgIpc) is 3.60. The molecule has 1 aliphatic carbocycles. The van der Waals surface area contributed by atoms with E-state index in [1.54, 1.807) is 24.2 Å². The number of benzene rings is 1. The Hall–Kier alpha value is -4.07. The lowest BCUT2D eigenvalue weighted by molar-refractivity contribution is 0.0949. The van der Waals surface area contributed by atoms with Crippen LogP contribution in [0.25, 0.3) is 17.2 Å². The highest BCUT2D eigenvalue weighted by Crippen LogP contribution is 2.42. The van der Waals surface area contributed by atoms with Gasteiger partial charge in [0.05, 0.1) is 42.5 Å². The molecule has 1 N–H and O–H groups in total. The number of nitrogens with one attached hydrogen (secondary N) is 1. The Morgan fingerprint density at radius 1 is 1.15 bits per heavy atom. The lowest BCUT2D eigenvalue weighted by Gasteiger charge is -2.10. The van der Waals surface area contributed by atoms with Crippen molar-refractivity contribution >= 4 is 5.91 Å².